The van der Waals surface area contributed by atoms with Crippen LogP contribution in [-0.2, 0) is 0 Å². The Morgan fingerprint density at radius 2 is 1.94 bits per heavy atom. The first-order valence-electron chi connectivity index (χ1n) is 12.1. The Kier molecular flexibility index (Phi) is 7.65. The van der Waals surface area contributed by atoms with Crippen LogP contribution in [0.15, 0.2) is 36.5 Å². The number of aromatic nitrogens is 2. The number of nitrogens with zero attached hydrogens (tertiary/aromatic N) is 2. The highest BCUT2D eigenvalue weighted by atomic mass is 19.1. The van der Waals surface area contributed by atoms with Crippen molar-refractivity contribution in [2.45, 2.75) is 58.0 Å². The number of carbonyl (C=O) groups excluding carboxylic acids is 1. The van der Waals surface area contributed by atoms with Gasteiger partial charge in [-0.25, -0.2) is 14.4 Å². The summed E-state index contributed by atoms with van der Waals surface area (Å²) in [6.45, 7) is 4.84. The van der Waals surface area contributed by atoms with Crippen molar-refractivity contribution in [2.75, 3.05) is 17.2 Å². The fourth-order valence-corrected chi connectivity index (χ4v) is 4.29. The lowest BCUT2D eigenvalue weighted by Gasteiger charge is -2.30. The van der Waals surface area contributed by atoms with Crippen LogP contribution in [0.1, 0.15) is 56.3 Å². The highest BCUT2D eigenvalue weighted by Crippen LogP contribution is 2.33. The maximum Gasteiger partial charge on any atom is 0.252 e. The number of benzene rings is 1. The Morgan fingerprint density at radius 1 is 1.20 bits per heavy atom. The lowest BCUT2D eigenvalue weighted by molar-refractivity contribution is 0.100. The number of halogens is 1. The Hall–Kier alpha value is -3.46. The summed E-state index contributed by atoms with van der Waals surface area (Å²) in [7, 11) is 0. The molecule has 3 aromatic rings. The minimum Gasteiger partial charge on any atom is -0.477 e. The van der Waals surface area contributed by atoms with E-state index in [4.69, 9.17) is 16.2 Å². The summed E-state index contributed by atoms with van der Waals surface area (Å²) in [4.78, 5) is 21.0. The number of nitrogens with one attached hydrogen (secondary N) is 2. The van der Waals surface area contributed by atoms with Crippen LogP contribution in [0.3, 0.4) is 0 Å². The zero-order valence-electron chi connectivity index (χ0n) is 20.2. The first kappa shape index (κ1) is 24.7. The number of fused-ring (bicyclic) bond motifs is 1. The molecule has 2 aromatic heterocycles. The van der Waals surface area contributed by atoms with Gasteiger partial charge >= 0.3 is 0 Å². The van der Waals surface area contributed by atoms with Crippen molar-refractivity contribution >= 4 is 34.0 Å². The van der Waals surface area contributed by atoms with E-state index in [2.05, 4.69) is 34.4 Å². The van der Waals surface area contributed by atoms with E-state index >= 15 is 0 Å². The number of carbonyl (C=O) groups is 1. The van der Waals surface area contributed by atoms with Crippen molar-refractivity contribution in [2.24, 2.45) is 17.4 Å². The molecule has 0 bridgehead atoms. The predicted molar refractivity (Wildman–Crippen MR) is 137 cm³/mol. The maximum absolute atomic E-state index is 14.9. The molecule has 4 rings (SSSR count). The highest BCUT2D eigenvalue weighted by Gasteiger charge is 2.25. The molecule has 8 nitrogen and oxygen atoms in total. The molecule has 0 unspecified atom stereocenters. The van der Waals surface area contributed by atoms with Gasteiger partial charge in [0.25, 0.3) is 5.91 Å². The Bertz CT molecular complexity index is 1200. The molecule has 1 amide bonds. The smallest absolute Gasteiger partial charge is 0.252 e. The fraction of sp³-hybridized carbons (Fsp3) is 0.423. The lowest BCUT2D eigenvalue weighted by Crippen LogP contribution is -2.43. The van der Waals surface area contributed by atoms with Crippen LogP contribution in [0.25, 0.3) is 10.8 Å². The summed E-state index contributed by atoms with van der Waals surface area (Å²) in [5.74, 6) is -0.214. The monoisotopic (exact) mass is 480 g/mol. The number of nitrogens with two attached hydrogens (primary N) is 2. The summed E-state index contributed by atoms with van der Waals surface area (Å²) in [6, 6.07) is 8.56. The number of amides is 1. The van der Waals surface area contributed by atoms with E-state index in [0.29, 0.717) is 24.1 Å². The first-order valence-corrected chi connectivity index (χ1v) is 12.1. The molecule has 1 aliphatic rings. The van der Waals surface area contributed by atoms with E-state index in [0.717, 1.165) is 48.9 Å². The number of anilines is 3. The molecule has 1 saturated carbocycles. The SMILES string of the molecule is CC(C)CCOc1ncc(Nc2nc(N[C@@H]3CCCC[C@@H]3N)c(F)cc2C(N)=O)c2ccccc12. The predicted octanol–water partition coefficient (Wildman–Crippen LogP) is 4.72. The third-order valence-corrected chi connectivity index (χ3v) is 6.33. The van der Waals surface area contributed by atoms with Gasteiger partial charge in [0, 0.05) is 22.9 Å². The second-order valence-corrected chi connectivity index (χ2v) is 9.46. The number of pyridine rings is 2. The highest BCUT2D eigenvalue weighted by molar-refractivity contribution is 6.02. The van der Waals surface area contributed by atoms with E-state index in [1.165, 1.54) is 0 Å². The van der Waals surface area contributed by atoms with Gasteiger partial charge in [-0.05, 0) is 37.3 Å². The molecule has 0 spiro atoms. The Morgan fingerprint density at radius 3 is 2.66 bits per heavy atom. The normalized spacial score (nSPS) is 18.0. The largest absolute Gasteiger partial charge is 0.477 e. The van der Waals surface area contributed by atoms with Gasteiger partial charge in [-0.15, -0.1) is 0 Å². The standard InChI is InChI=1S/C26H33FN6O2/c1-15(2)11-12-35-26-17-8-4-3-7-16(17)22(14-30-26)32-24-18(23(29)34)13-19(27)25(33-24)31-21-10-6-5-9-20(21)28/h3-4,7-8,13-15,20-21H,5-6,9-12,28H2,1-2H3,(H2,29,34)(H2,31,32,33)/t20-,21+/m0/s1. The van der Waals surface area contributed by atoms with Crippen LogP contribution in [0.5, 0.6) is 5.88 Å². The van der Waals surface area contributed by atoms with Crippen LogP contribution in [0.4, 0.5) is 21.7 Å². The van der Waals surface area contributed by atoms with Gasteiger partial charge in [-0.2, -0.15) is 0 Å². The maximum atomic E-state index is 14.9. The number of primary amides is 1. The van der Waals surface area contributed by atoms with Gasteiger partial charge in [-0.3, -0.25) is 4.79 Å². The topological polar surface area (TPSA) is 128 Å². The zero-order valence-corrected chi connectivity index (χ0v) is 20.2. The molecular weight excluding hydrogens is 447 g/mol. The van der Waals surface area contributed by atoms with Gasteiger partial charge in [0.2, 0.25) is 5.88 Å². The zero-order chi connectivity index (χ0) is 24.9. The van der Waals surface area contributed by atoms with E-state index in [9.17, 15) is 9.18 Å². The minimum absolute atomic E-state index is 0.0331. The van der Waals surface area contributed by atoms with Crippen molar-refractivity contribution in [1.82, 2.24) is 9.97 Å². The third-order valence-electron chi connectivity index (χ3n) is 6.33. The molecule has 1 fully saturated rings. The van der Waals surface area contributed by atoms with Crippen molar-refractivity contribution in [3.63, 3.8) is 0 Å². The number of rotatable bonds is 9. The second-order valence-electron chi connectivity index (χ2n) is 9.46. The Balaban J connectivity index is 1.67. The molecule has 0 saturated heterocycles. The van der Waals surface area contributed by atoms with E-state index < -0.39 is 11.7 Å². The summed E-state index contributed by atoms with van der Waals surface area (Å²) in [5, 5.41) is 7.92. The number of hydrogen-bond acceptors (Lipinski definition) is 7. The minimum atomic E-state index is -0.786. The van der Waals surface area contributed by atoms with E-state index in [1.807, 2.05) is 24.3 Å². The van der Waals surface area contributed by atoms with E-state index in [-0.39, 0.29) is 29.3 Å². The first-order chi connectivity index (χ1) is 16.8. The van der Waals surface area contributed by atoms with Gasteiger partial charge in [-0.1, -0.05) is 44.9 Å². The van der Waals surface area contributed by atoms with Crippen LogP contribution >= 0.6 is 0 Å². The average Bonchev–Trinajstić information content (AvgIpc) is 2.83. The fourth-order valence-electron chi connectivity index (χ4n) is 4.29. The van der Waals surface area contributed by atoms with Crippen molar-refractivity contribution in [1.29, 1.82) is 0 Å². The van der Waals surface area contributed by atoms with Crippen molar-refractivity contribution in [3.05, 3.63) is 47.9 Å². The number of hydrogen-bond donors (Lipinski definition) is 4. The van der Waals surface area contributed by atoms with Crippen LogP contribution in [0, 0.1) is 11.7 Å². The van der Waals surface area contributed by atoms with Gasteiger partial charge in [0.15, 0.2) is 11.6 Å². The van der Waals surface area contributed by atoms with Crippen molar-refractivity contribution in [3.8, 4) is 5.88 Å². The van der Waals surface area contributed by atoms with Gasteiger partial charge < -0.3 is 26.8 Å². The molecule has 35 heavy (non-hydrogen) atoms. The molecular formula is C26H33FN6O2. The molecule has 2 heterocycles. The van der Waals surface area contributed by atoms with Crippen molar-refractivity contribution < 1.29 is 13.9 Å². The quantitative estimate of drug-likeness (QED) is 0.349. The van der Waals surface area contributed by atoms with E-state index in [1.54, 1.807) is 6.20 Å². The van der Waals surface area contributed by atoms with Crippen LogP contribution in [-0.4, -0.2) is 34.6 Å². The summed E-state index contributed by atoms with van der Waals surface area (Å²) < 4.78 is 20.8. The Labute approximate surface area is 204 Å². The molecule has 186 valence electrons. The molecule has 9 heteroatoms. The third kappa shape index (κ3) is 5.79. The molecule has 0 radical (unpaired) electrons. The second kappa shape index (κ2) is 10.9. The van der Waals surface area contributed by atoms with Crippen LogP contribution in [0.2, 0.25) is 0 Å². The molecule has 6 N–H and O–H groups in total. The molecule has 0 aliphatic heterocycles. The lowest BCUT2D eigenvalue weighted by atomic mass is 9.91. The molecule has 1 aliphatic carbocycles. The summed E-state index contributed by atoms with van der Waals surface area (Å²) in [6.07, 6.45) is 6.30. The summed E-state index contributed by atoms with van der Waals surface area (Å²) >= 11 is 0. The molecule has 2 atom stereocenters. The van der Waals surface area contributed by atoms with Gasteiger partial charge in [0.05, 0.1) is 24.1 Å². The number of ether oxygens (including phenoxy) is 1. The van der Waals surface area contributed by atoms with Gasteiger partial charge in [0.1, 0.15) is 5.82 Å². The van der Waals surface area contributed by atoms with Crippen LogP contribution < -0.4 is 26.8 Å². The summed E-state index contributed by atoms with van der Waals surface area (Å²) in [5.41, 5.74) is 12.3. The molecule has 1 aromatic carbocycles. The average molecular weight is 481 g/mol.